The van der Waals surface area contributed by atoms with Crippen molar-refractivity contribution >= 4 is 67.5 Å². The molecule has 2 aromatic heterocycles. The zero-order chi connectivity index (χ0) is 48.1. The number of aryl methyl sites for hydroxylation is 3. The van der Waals surface area contributed by atoms with Crippen molar-refractivity contribution in [2.45, 2.75) is 99.3 Å². The molecule has 2 aliphatic rings. The molecule has 0 bridgehead atoms. The molecule has 8 aromatic carbocycles. The largest absolute Gasteiger partial charge is 0.375 e. The van der Waals surface area contributed by atoms with Gasteiger partial charge in [0.1, 0.15) is 0 Å². The highest BCUT2D eigenvalue weighted by atomic mass is 15.2. The molecule has 0 radical (unpaired) electrons. The summed E-state index contributed by atoms with van der Waals surface area (Å²) in [5.74, 6) is 0. The molecule has 0 unspecified atom stereocenters. The van der Waals surface area contributed by atoms with E-state index in [2.05, 4.69) is 255 Å². The number of fused-ring (bicyclic) bond motifs is 8. The van der Waals surface area contributed by atoms with Crippen LogP contribution in [-0.2, 0) is 16.2 Å². The van der Waals surface area contributed by atoms with Gasteiger partial charge in [0.05, 0.1) is 16.7 Å². The summed E-state index contributed by atoms with van der Waals surface area (Å²) in [6.45, 7) is 27.8. The quantitative estimate of drug-likeness (QED) is 0.160. The van der Waals surface area contributed by atoms with Crippen molar-refractivity contribution in [2.24, 2.45) is 0 Å². The number of para-hydroxylation sites is 2. The third-order valence-corrected chi connectivity index (χ3v) is 15.5. The van der Waals surface area contributed by atoms with Crippen LogP contribution < -0.4 is 15.8 Å². The average molecular weight is 896 g/mol. The molecule has 340 valence electrons. The number of anilines is 3. The molecule has 0 spiro atoms. The minimum Gasteiger partial charge on any atom is -0.375 e. The molecule has 4 heteroatoms. The summed E-state index contributed by atoms with van der Waals surface area (Å²) in [6.07, 6.45) is 0. The van der Waals surface area contributed by atoms with Gasteiger partial charge in [0.15, 0.2) is 0 Å². The Balaban J connectivity index is 1.36. The van der Waals surface area contributed by atoms with Crippen LogP contribution in [0.4, 0.5) is 17.1 Å². The lowest BCUT2D eigenvalue weighted by molar-refractivity contribution is 0.590. The van der Waals surface area contributed by atoms with Crippen LogP contribution in [0.25, 0.3) is 71.9 Å². The van der Waals surface area contributed by atoms with Gasteiger partial charge in [0, 0.05) is 55.6 Å². The Morgan fingerprint density at radius 2 is 1.07 bits per heavy atom. The summed E-state index contributed by atoms with van der Waals surface area (Å²) in [4.78, 5) is 2.60. The van der Waals surface area contributed by atoms with Gasteiger partial charge in [-0.2, -0.15) is 0 Å². The molecule has 0 aliphatic carbocycles. The van der Waals surface area contributed by atoms with E-state index in [0.29, 0.717) is 0 Å². The highest BCUT2D eigenvalue weighted by molar-refractivity contribution is 6.90. The Labute approximate surface area is 409 Å². The predicted molar refractivity (Wildman–Crippen MR) is 298 cm³/mol. The van der Waals surface area contributed by atoms with Crippen molar-refractivity contribution in [2.75, 3.05) is 4.90 Å². The lowest BCUT2D eigenvalue weighted by Crippen LogP contribution is -2.57. The first-order valence-corrected chi connectivity index (χ1v) is 25.0. The zero-order valence-corrected chi connectivity index (χ0v) is 42.4. The van der Waals surface area contributed by atoms with E-state index in [1.807, 2.05) is 0 Å². The van der Waals surface area contributed by atoms with Gasteiger partial charge in [-0.05, 0) is 134 Å². The van der Waals surface area contributed by atoms with Crippen LogP contribution in [0.1, 0.15) is 95.7 Å². The monoisotopic (exact) mass is 896 g/mol. The van der Waals surface area contributed by atoms with E-state index < -0.39 is 0 Å². The Bertz CT molecular complexity index is 3730. The minimum absolute atomic E-state index is 0.0366. The maximum Gasteiger partial charge on any atom is 0.333 e. The molecular formula is C65H62BN3. The second-order valence-corrected chi connectivity index (χ2v) is 23.2. The lowest BCUT2D eigenvalue weighted by Gasteiger charge is -2.42. The normalized spacial score (nSPS) is 13.4. The molecule has 12 rings (SSSR count). The summed E-state index contributed by atoms with van der Waals surface area (Å²) in [5.41, 5.74) is 26.6. The minimum atomic E-state index is -0.134. The highest BCUT2D eigenvalue weighted by Crippen LogP contribution is 2.54. The van der Waals surface area contributed by atoms with E-state index in [4.69, 9.17) is 0 Å². The Kier molecular flexibility index (Phi) is 9.39. The van der Waals surface area contributed by atoms with Crippen molar-refractivity contribution in [1.82, 2.24) is 9.05 Å². The molecule has 69 heavy (non-hydrogen) atoms. The molecule has 0 amide bonds. The molecule has 10 aromatic rings. The Hall–Kier alpha value is -7.04. The van der Waals surface area contributed by atoms with E-state index in [1.54, 1.807) is 0 Å². The van der Waals surface area contributed by atoms with E-state index in [0.717, 1.165) is 0 Å². The number of aromatic nitrogens is 2. The second kappa shape index (κ2) is 15.0. The SMILES string of the molecule is Cc1ccccc1-c1c(-c2ccccc2)n2c3c(cc4c5ccccc5n(-c5c(C)cccc5C)c4c13)-c1cc(C(C)(C)C)cc3c1B2c1cc(C(C)(C)C)ccc1N3c1ccc(C(C)(C)C)cc1. The zero-order valence-electron chi connectivity index (χ0n) is 42.4. The third kappa shape index (κ3) is 6.40. The van der Waals surface area contributed by atoms with Crippen molar-refractivity contribution < 1.29 is 0 Å². The first kappa shape index (κ1) is 43.3. The topological polar surface area (TPSA) is 13.1 Å². The van der Waals surface area contributed by atoms with Gasteiger partial charge < -0.3 is 13.9 Å². The number of nitrogens with zero attached hydrogens (tertiary/aromatic N) is 3. The second-order valence-electron chi connectivity index (χ2n) is 23.2. The summed E-state index contributed by atoms with van der Waals surface area (Å²) in [5, 5.41) is 3.84. The summed E-state index contributed by atoms with van der Waals surface area (Å²) >= 11 is 0. The molecule has 2 aliphatic heterocycles. The predicted octanol–water partition coefficient (Wildman–Crippen LogP) is 16.3. The smallest absolute Gasteiger partial charge is 0.333 e. The molecule has 0 N–H and O–H groups in total. The molecular weight excluding hydrogens is 834 g/mol. The van der Waals surface area contributed by atoms with E-state index >= 15 is 0 Å². The highest BCUT2D eigenvalue weighted by Gasteiger charge is 2.46. The molecule has 0 atom stereocenters. The molecule has 4 heterocycles. The third-order valence-electron chi connectivity index (χ3n) is 15.5. The van der Waals surface area contributed by atoms with Crippen LogP contribution in [0.2, 0.25) is 0 Å². The van der Waals surface area contributed by atoms with Gasteiger partial charge in [-0.3, -0.25) is 0 Å². The van der Waals surface area contributed by atoms with Gasteiger partial charge in [-0.15, -0.1) is 0 Å². The maximum absolute atomic E-state index is 2.81. The van der Waals surface area contributed by atoms with Crippen LogP contribution in [0, 0.1) is 20.8 Å². The number of benzene rings is 8. The van der Waals surface area contributed by atoms with Crippen LogP contribution in [-0.4, -0.2) is 15.9 Å². The first-order valence-electron chi connectivity index (χ1n) is 25.0. The number of hydrogen-bond acceptors (Lipinski definition) is 1. The van der Waals surface area contributed by atoms with Gasteiger partial charge in [-0.25, -0.2) is 0 Å². The van der Waals surface area contributed by atoms with Crippen molar-refractivity contribution in [3.8, 4) is 39.2 Å². The van der Waals surface area contributed by atoms with Crippen LogP contribution in [0.5, 0.6) is 0 Å². The fraction of sp³-hybridized carbons (Fsp3) is 0.231. The van der Waals surface area contributed by atoms with Gasteiger partial charge in [0.25, 0.3) is 0 Å². The Morgan fingerprint density at radius 3 is 1.75 bits per heavy atom. The lowest BCUT2D eigenvalue weighted by atomic mass is 9.44. The Morgan fingerprint density at radius 1 is 0.449 bits per heavy atom. The van der Waals surface area contributed by atoms with Crippen LogP contribution in [0.3, 0.4) is 0 Å². The maximum atomic E-state index is 2.81. The summed E-state index contributed by atoms with van der Waals surface area (Å²) in [7, 11) is 0. The molecule has 0 saturated carbocycles. The van der Waals surface area contributed by atoms with Gasteiger partial charge in [0.2, 0.25) is 0 Å². The fourth-order valence-corrected chi connectivity index (χ4v) is 12.0. The average Bonchev–Trinajstić information content (AvgIpc) is 3.83. The van der Waals surface area contributed by atoms with Crippen LogP contribution in [0.15, 0.2) is 158 Å². The number of rotatable bonds is 4. The van der Waals surface area contributed by atoms with E-state index in [9.17, 15) is 0 Å². The molecule has 0 saturated heterocycles. The summed E-state index contributed by atoms with van der Waals surface area (Å²) < 4.78 is 5.43. The van der Waals surface area contributed by atoms with E-state index in [1.165, 1.54) is 133 Å². The molecule has 0 fully saturated rings. The van der Waals surface area contributed by atoms with Gasteiger partial charge >= 0.3 is 6.85 Å². The van der Waals surface area contributed by atoms with Gasteiger partial charge in [-0.1, -0.05) is 184 Å². The van der Waals surface area contributed by atoms with Crippen LogP contribution >= 0.6 is 0 Å². The fourth-order valence-electron chi connectivity index (χ4n) is 12.0. The first-order chi connectivity index (χ1) is 32.9. The number of hydrogen-bond donors (Lipinski definition) is 0. The standard InChI is InChI=1S/C65H62BN3/c1-39-21-16-17-26-47(39)56-57-61-50(48-27-18-19-28-53(48)68(61)59-40(2)22-20-23-41(59)3)38-51-49-35-45(65(10,11)12)37-55-58(49)66(69(62(51)57)60(56)42-24-14-13-15-25-42)52-36-44(64(7,8)9)31-34-54(52)67(55)46-32-29-43(30-33-46)63(4,5)6/h13-38H,1-12H3. The van der Waals surface area contributed by atoms with Crippen molar-refractivity contribution in [3.05, 3.63) is 191 Å². The summed E-state index contributed by atoms with van der Waals surface area (Å²) in [6, 6.07) is 60.8. The van der Waals surface area contributed by atoms with Crippen molar-refractivity contribution in [1.29, 1.82) is 0 Å². The van der Waals surface area contributed by atoms with Crippen molar-refractivity contribution in [3.63, 3.8) is 0 Å². The molecule has 3 nitrogen and oxygen atoms in total. The van der Waals surface area contributed by atoms with E-state index in [-0.39, 0.29) is 23.1 Å².